The molecule has 0 amide bonds. The van der Waals surface area contributed by atoms with Crippen LogP contribution in [0.15, 0.2) is 42.5 Å². The summed E-state index contributed by atoms with van der Waals surface area (Å²) < 4.78 is 0. The molecule has 0 aromatic heterocycles. The van der Waals surface area contributed by atoms with E-state index in [0.29, 0.717) is 6.04 Å². The molecule has 1 nitrogen and oxygen atoms in total. The highest BCUT2D eigenvalue weighted by Crippen LogP contribution is 2.09. The van der Waals surface area contributed by atoms with Crippen LogP contribution in [0.1, 0.15) is 32.3 Å². The molecule has 0 bridgehead atoms. The van der Waals surface area contributed by atoms with Gasteiger partial charge in [-0.05, 0) is 38.3 Å². The van der Waals surface area contributed by atoms with Gasteiger partial charge in [0.2, 0.25) is 0 Å². The number of nitrogens with one attached hydrogen (secondary N) is 1. The number of hydrogen-bond donors (Lipinski definition) is 1. The first-order valence-corrected chi connectivity index (χ1v) is 6.16. The van der Waals surface area contributed by atoms with Gasteiger partial charge >= 0.3 is 0 Å². The van der Waals surface area contributed by atoms with Gasteiger partial charge in [-0.2, -0.15) is 0 Å². The zero-order valence-corrected chi connectivity index (χ0v) is 10.5. The van der Waals surface area contributed by atoms with E-state index in [4.69, 9.17) is 0 Å². The smallest absolute Gasteiger partial charge is 0.0277 e. The molecule has 0 saturated carbocycles. The quantitative estimate of drug-likeness (QED) is 0.689. The average molecular weight is 217 g/mol. The lowest BCUT2D eigenvalue weighted by Crippen LogP contribution is -2.31. The largest absolute Gasteiger partial charge is 0.310 e. The summed E-state index contributed by atoms with van der Waals surface area (Å²) in [6.07, 6.45) is 3.43. The summed E-state index contributed by atoms with van der Waals surface area (Å²) in [7, 11) is 0. The van der Waals surface area contributed by atoms with Crippen molar-refractivity contribution in [3.05, 3.63) is 48.0 Å². The van der Waals surface area contributed by atoms with Gasteiger partial charge < -0.3 is 5.32 Å². The molecule has 0 heterocycles. The van der Waals surface area contributed by atoms with E-state index in [9.17, 15) is 0 Å². The Hall–Kier alpha value is -1.08. The van der Waals surface area contributed by atoms with Crippen molar-refractivity contribution in [3.63, 3.8) is 0 Å². The molecule has 1 aromatic rings. The predicted molar refractivity (Wildman–Crippen MR) is 71.7 cm³/mol. The zero-order chi connectivity index (χ0) is 11.8. The standard InChI is InChI=1S/C15H23N/c1-4-12-16-15(13(2)3)11-10-14-8-6-5-7-9-14/h5-9,15-16H,2,4,10-12H2,1,3H3. The summed E-state index contributed by atoms with van der Waals surface area (Å²) >= 11 is 0. The first-order valence-electron chi connectivity index (χ1n) is 6.16. The van der Waals surface area contributed by atoms with Crippen LogP contribution in [0.3, 0.4) is 0 Å². The number of hydrogen-bond acceptors (Lipinski definition) is 1. The topological polar surface area (TPSA) is 12.0 Å². The Morgan fingerprint density at radius 1 is 1.31 bits per heavy atom. The molecule has 0 aliphatic heterocycles. The van der Waals surface area contributed by atoms with Crippen LogP contribution in [0, 0.1) is 0 Å². The minimum absolute atomic E-state index is 0.458. The molecule has 0 aliphatic carbocycles. The predicted octanol–water partition coefficient (Wildman–Crippen LogP) is 3.56. The second-order valence-electron chi connectivity index (χ2n) is 4.38. The van der Waals surface area contributed by atoms with Crippen LogP contribution in [0.5, 0.6) is 0 Å². The molecule has 0 fully saturated rings. The third kappa shape index (κ3) is 4.63. The van der Waals surface area contributed by atoms with Crippen LogP contribution in [0.4, 0.5) is 0 Å². The Bertz CT molecular complexity index is 302. The second-order valence-corrected chi connectivity index (χ2v) is 4.38. The fourth-order valence-electron chi connectivity index (χ4n) is 1.80. The van der Waals surface area contributed by atoms with Crippen molar-refractivity contribution in [2.24, 2.45) is 0 Å². The molecule has 88 valence electrons. The van der Waals surface area contributed by atoms with Gasteiger partial charge in [-0.25, -0.2) is 0 Å². The number of aryl methyl sites for hydroxylation is 1. The van der Waals surface area contributed by atoms with Gasteiger partial charge in [-0.3, -0.25) is 0 Å². The zero-order valence-electron chi connectivity index (χ0n) is 10.5. The van der Waals surface area contributed by atoms with Gasteiger partial charge in [0.1, 0.15) is 0 Å². The maximum Gasteiger partial charge on any atom is 0.0277 e. The fourth-order valence-corrected chi connectivity index (χ4v) is 1.80. The van der Waals surface area contributed by atoms with Crippen LogP contribution in [0.2, 0.25) is 0 Å². The van der Waals surface area contributed by atoms with Gasteiger partial charge in [-0.15, -0.1) is 0 Å². The van der Waals surface area contributed by atoms with Crippen molar-refractivity contribution in [1.82, 2.24) is 5.32 Å². The van der Waals surface area contributed by atoms with Crippen LogP contribution in [-0.4, -0.2) is 12.6 Å². The molecule has 0 aliphatic rings. The Morgan fingerprint density at radius 2 is 2.00 bits per heavy atom. The summed E-state index contributed by atoms with van der Waals surface area (Å²) in [5.41, 5.74) is 2.65. The average Bonchev–Trinajstić information content (AvgIpc) is 2.30. The monoisotopic (exact) mass is 217 g/mol. The lowest BCUT2D eigenvalue weighted by atomic mass is 10.0. The van der Waals surface area contributed by atoms with Gasteiger partial charge in [0.15, 0.2) is 0 Å². The minimum Gasteiger partial charge on any atom is -0.310 e. The summed E-state index contributed by atoms with van der Waals surface area (Å²) in [4.78, 5) is 0. The van der Waals surface area contributed by atoms with Gasteiger partial charge in [0, 0.05) is 6.04 Å². The Labute approximate surface area is 99.6 Å². The van der Waals surface area contributed by atoms with Crippen LogP contribution >= 0.6 is 0 Å². The van der Waals surface area contributed by atoms with Gasteiger partial charge in [-0.1, -0.05) is 49.4 Å². The lowest BCUT2D eigenvalue weighted by Gasteiger charge is -2.18. The molecule has 1 N–H and O–H groups in total. The number of benzene rings is 1. The summed E-state index contributed by atoms with van der Waals surface area (Å²) in [5, 5.41) is 3.54. The third-order valence-corrected chi connectivity index (χ3v) is 2.80. The van der Waals surface area contributed by atoms with Crippen LogP contribution < -0.4 is 5.32 Å². The molecule has 1 unspecified atom stereocenters. The molecule has 1 atom stereocenters. The van der Waals surface area contributed by atoms with Crippen molar-refractivity contribution >= 4 is 0 Å². The van der Waals surface area contributed by atoms with Crippen LogP contribution in [-0.2, 0) is 6.42 Å². The minimum atomic E-state index is 0.458. The first kappa shape index (κ1) is 13.0. The Morgan fingerprint density at radius 3 is 2.56 bits per heavy atom. The molecule has 0 radical (unpaired) electrons. The summed E-state index contributed by atoms with van der Waals surface area (Å²) in [6, 6.07) is 11.1. The number of rotatable bonds is 7. The van der Waals surface area contributed by atoms with E-state index in [0.717, 1.165) is 19.4 Å². The molecule has 1 aromatic carbocycles. The highest BCUT2D eigenvalue weighted by molar-refractivity contribution is 5.15. The lowest BCUT2D eigenvalue weighted by molar-refractivity contribution is 0.533. The molecule has 1 heteroatoms. The van der Waals surface area contributed by atoms with E-state index < -0.39 is 0 Å². The van der Waals surface area contributed by atoms with E-state index in [1.54, 1.807) is 0 Å². The van der Waals surface area contributed by atoms with Gasteiger partial charge in [0.25, 0.3) is 0 Å². The maximum absolute atomic E-state index is 4.06. The van der Waals surface area contributed by atoms with Crippen molar-refractivity contribution in [1.29, 1.82) is 0 Å². The normalized spacial score (nSPS) is 12.4. The van der Waals surface area contributed by atoms with Crippen molar-refractivity contribution < 1.29 is 0 Å². The van der Waals surface area contributed by atoms with E-state index in [1.807, 2.05) is 0 Å². The molecular weight excluding hydrogens is 194 g/mol. The summed E-state index contributed by atoms with van der Waals surface area (Å²) in [6.45, 7) is 9.44. The highest BCUT2D eigenvalue weighted by atomic mass is 14.9. The van der Waals surface area contributed by atoms with E-state index in [2.05, 4.69) is 56.1 Å². The third-order valence-electron chi connectivity index (χ3n) is 2.80. The van der Waals surface area contributed by atoms with Crippen molar-refractivity contribution in [2.75, 3.05) is 6.54 Å². The second kappa shape index (κ2) is 7.24. The van der Waals surface area contributed by atoms with E-state index in [-0.39, 0.29) is 0 Å². The molecule has 0 saturated heterocycles. The summed E-state index contributed by atoms with van der Waals surface area (Å²) in [5.74, 6) is 0. The molecule has 1 rings (SSSR count). The van der Waals surface area contributed by atoms with E-state index >= 15 is 0 Å². The van der Waals surface area contributed by atoms with Gasteiger partial charge in [0.05, 0.1) is 0 Å². The SMILES string of the molecule is C=C(C)C(CCc1ccccc1)NCCC. The van der Waals surface area contributed by atoms with Crippen LogP contribution in [0.25, 0.3) is 0 Å². The van der Waals surface area contributed by atoms with E-state index in [1.165, 1.54) is 17.6 Å². The van der Waals surface area contributed by atoms with Crippen molar-refractivity contribution in [2.45, 2.75) is 39.2 Å². The molecule has 0 spiro atoms. The molecular formula is C15H23N. The Kier molecular flexibility index (Phi) is 5.87. The molecule has 16 heavy (non-hydrogen) atoms. The first-order chi connectivity index (χ1) is 7.74. The Balaban J connectivity index is 2.41. The highest BCUT2D eigenvalue weighted by Gasteiger charge is 2.07. The van der Waals surface area contributed by atoms with Crippen molar-refractivity contribution in [3.8, 4) is 0 Å². The maximum atomic E-state index is 4.06. The fraction of sp³-hybridized carbons (Fsp3) is 0.467.